The van der Waals surface area contributed by atoms with Gasteiger partial charge < -0.3 is 9.73 Å². The van der Waals surface area contributed by atoms with Crippen LogP contribution in [0.25, 0.3) is 11.0 Å². The lowest BCUT2D eigenvalue weighted by atomic mass is 10.1. The first-order valence-corrected chi connectivity index (χ1v) is 8.77. The number of nitrogens with one attached hydrogen (secondary N) is 1. The molecule has 0 bridgehead atoms. The minimum atomic E-state index is -1.04. The highest BCUT2D eigenvalue weighted by atomic mass is 19.2. The van der Waals surface area contributed by atoms with Gasteiger partial charge in [0, 0.05) is 17.1 Å². The second-order valence-corrected chi connectivity index (χ2v) is 6.33. The number of benzene rings is 2. The van der Waals surface area contributed by atoms with Gasteiger partial charge >= 0.3 is 0 Å². The predicted molar refractivity (Wildman–Crippen MR) is 105 cm³/mol. The highest BCUT2D eigenvalue weighted by Gasteiger charge is 2.14. The van der Waals surface area contributed by atoms with Crippen LogP contribution in [0.3, 0.4) is 0 Å². The number of nitrogens with zero attached hydrogens (tertiary/aromatic N) is 2. The average molecular weight is 391 g/mol. The van der Waals surface area contributed by atoms with E-state index in [1.807, 2.05) is 19.1 Å². The molecular formula is C22H15F2N3O2. The van der Waals surface area contributed by atoms with Crippen LogP contribution < -0.4 is 10.9 Å². The molecule has 2 heterocycles. The molecular weight excluding hydrogens is 376 g/mol. The number of anilines is 1. The summed E-state index contributed by atoms with van der Waals surface area (Å²) in [5.74, 6) is -2.13. The Morgan fingerprint density at radius 3 is 2.62 bits per heavy atom. The average Bonchev–Trinajstić information content (AvgIpc) is 2.70. The molecule has 0 unspecified atom stereocenters. The third kappa shape index (κ3) is 4.03. The van der Waals surface area contributed by atoms with Crippen molar-refractivity contribution in [3.63, 3.8) is 0 Å². The van der Waals surface area contributed by atoms with Crippen molar-refractivity contribution in [2.75, 3.05) is 5.32 Å². The Morgan fingerprint density at radius 1 is 1.00 bits per heavy atom. The molecule has 0 aliphatic carbocycles. The number of hydrogen-bond donors (Lipinski definition) is 1. The summed E-state index contributed by atoms with van der Waals surface area (Å²) < 4.78 is 32.6. The van der Waals surface area contributed by atoms with Gasteiger partial charge in [-0.25, -0.2) is 18.8 Å². The van der Waals surface area contributed by atoms with Gasteiger partial charge in [0.2, 0.25) is 5.55 Å². The smallest absolute Gasteiger partial charge is 0.262 e. The van der Waals surface area contributed by atoms with E-state index in [0.717, 1.165) is 17.8 Å². The number of carbonyl (C=O) groups is 1. The zero-order chi connectivity index (χ0) is 20.4. The van der Waals surface area contributed by atoms with Crippen molar-refractivity contribution in [3.8, 4) is 0 Å². The normalized spacial score (nSPS) is 11.6. The molecule has 0 spiro atoms. The Labute approximate surface area is 164 Å². The van der Waals surface area contributed by atoms with Crippen LogP contribution in [0, 0.1) is 18.6 Å². The molecule has 2 aromatic heterocycles. The van der Waals surface area contributed by atoms with Gasteiger partial charge in [-0.1, -0.05) is 24.3 Å². The fraction of sp³-hybridized carbons (Fsp3) is 0.0455. The van der Waals surface area contributed by atoms with Gasteiger partial charge in [0.25, 0.3) is 5.91 Å². The maximum absolute atomic E-state index is 13.6. The summed E-state index contributed by atoms with van der Waals surface area (Å²) in [4.78, 5) is 21.4. The van der Waals surface area contributed by atoms with Crippen molar-refractivity contribution in [2.45, 2.75) is 6.92 Å². The van der Waals surface area contributed by atoms with Gasteiger partial charge in [0.05, 0.1) is 5.69 Å². The largest absolute Gasteiger partial charge is 0.438 e. The van der Waals surface area contributed by atoms with E-state index in [9.17, 15) is 13.6 Å². The first-order valence-electron chi connectivity index (χ1n) is 8.77. The number of amides is 1. The van der Waals surface area contributed by atoms with Crippen LogP contribution in [0.15, 0.2) is 76.1 Å². The lowest BCUT2D eigenvalue weighted by molar-refractivity contribution is 0.102. The van der Waals surface area contributed by atoms with Crippen molar-refractivity contribution in [1.29, 1.82) is 0 Å². The Morgan fingerprint density at radius 2 is 1.83 bits per heavy atom. The number of carbonyl (C=O) groups excluding carboxylic acids is 1. The van der Waals surface area contributed by atoms with Crippen LogP contribution in [0.5, 0.6) is 0 Å². The number of rotatable bonds is 3. The van der Waals surface area contributed by atoms with E-state index in [-0.39, 0.29) is 16.8 Å². The summed E-state index contributed by atoms with van der Waals surface area (Å²) >= 11 is 0. The fourth-order valence-corrected chi connectivity index (χ4v) is 2.78. The third-order valence-electron chi connectivity index (χ3n) is 4.16. The molecule has 1 N–H and O–H groups in total. The number of aromatic nitrogens is 1. The quantitative estimate of drug-likeness (QED) is 0.540. The van der Waals surface area contributed by atoms with Gasteiger partial charge in [0.1, 0.15) is 17.0 Å². The van der Waals surface area contributed by atoms with Crippen LogP contribution in [0.2, 0.25) is 0 Å². The first-order chi connectivity index (χ1) is 14.0. The van der Waals surface area contributed by atoms with Gasteiger partial charge in [-0.05, 0) is 43.3 Å². The predicted octanol–water partition coefficient (Wildman–Crippen LogP) is 4.90. The van der Waals surface area contributed by atoms with E-state index >= 15 is 0 Å². The third-order valence-corrected chi connectivity index (χ3v) is 4.16. The molecule has 0 fully saturated rings. The minimum absolute atomic E-state index is 0.0279. The van der Waals surface area contributed by atoms with Crippen molar-refractivity contribution >= 4 is 28.4 Å². The molecule has 29 heavy (non-hydrogen) atoms. The van der Waals surface area contributed by atoms with Crippen molar-refractivity contribution in [1.82, 2.24) is 4.98 Å². The molecule has 0 atom stereocenters. The number of halogens is 2. The molecule has 1 amide bonds. The maximum atomic E-state index is 13.6. The standard InChI is InChI=1S/C22H15F2N3O2/c1-13-5-4-8-20(25-13)27-21(28)16-11-14-6-2-3-7-19(14)29-22(16)26-15-9-10-17(23)18(24)12-15/h2-12H,1H3,(H,25,27,28). The lowest BCUT2D eigenvalue weighted by Crippen LogP contribution is -2.22. The molecule has 4 aromatic rings. The lowest BCUT2D eigenvalue weighted by Gasteiger charge is -2.07. The van der Waals surface area contributed by atoms with E-state index in [1.165, 1.54) is 6.07 Å². The molecule has 0 aliphatic rings. The van der Waals surface area contributed by atoms with Crippen molar-refractivity contribution in [3.05, 3.63) is 95.2 Å². The monoisotopic (exact) mass is 391 g/mol. The number of hydrogen-bond acceptors (Lipinski definition) is 4. The van der Waals surface area contributed by atoms with Crippen LogP contribution >= 0.6 is 0 Å². The van der Waals surface area contributed by atoms with Crippen LogP contribution in [0.1, 0.15) is 16.1 Å². The SMILES string of the molecule is Cc1cccc(NC(=O)c2cc3ccccc3oc2=Nc2ccc(F)c(F)c2)n1. The van der Waals surface area contributed by atoms with Gasteiger partial charge in [-0.15, -0.1) is 0 Å². The van der Waals surface area contributed by atoms with Crippen molar-refractivity contribution in [2.24, 2.45) is 4.99 Å². The van der Waals surface area contributed by atoms with Crippen LogP contribution in [-0.2, 0) is 0 Å². The van der Waals surface area contributed by atoms with E-state index in [4.69, 9.17) is 4.42 Å². The molecule has 0 aliphatic heterocycles. The zero-order valence-corrected chi connectivity index (χ0v) is 15.3. The highest BCUT2D eigenvalue weighted by Crippen LogP contribution is 2.18. The Kier molecular flexibility index (Phi) is 4.87. The second kappa shape index (κ2) is 7.63. The summed E-state index contributed by atoms with van der Waals surface area (Å²) in [5, 5.41) is 3.40. The Hall–Kier alpha value is -3.87. The van der Waals surface area contributed by atoms with E-state index in [1.54, 1.807) is 36.4 Å². The van der Waals surface area contributed by atoms with E-state index < -0.39 is 17.5 Å². The molecule has 7 heteroatoms. The summed E-state index contributed by atoms with van der Waals surface area (Å²) in [6.07, 6.45) is 0. The van der Waals surface area contributed by atoms with Crippen LogP contribution in [-0.4, -0.2) is 10.9 Å². The summed E-state index contributed by atoms with van der Waals surface area (Å²) in [6, 6.07) is 17.2. The molecule has 4 rings (SSSR count). The molecule has 2 aromatic carbocycles. The Bertz CT molecular complexity index is 1300. The summed E-state index contributed by atoms with van der Waals surface area (Å²) in [7, 11) is 0. The zero-order valence-electron chi connectivity index (χ0n) is 15.3. The molecule has 0 radical (unpaired) electrons. The van der Waals surface area contributed by atoms with Gasteiger partial charge in [-0.3, -0.25) is 4.79 Å². The van der Waals surface area contributed by atoms with Crippen LogP contribution in [0.4, 0.5) is 20.3 Å². The fourth-order valence-electron chi connectivity index (χ4n) is 2.78. The minimum Gasteiger partial charge on any atom is -0.438 e. The molecule has 5 nitrogen and oxygen atoms in total. The van der Waals surface area contributed by atoms with E-state index in [0.29, 0.717) is 16.8 Å². The number of para-hydroxylation sites is 1. The topological polar surface area (TPSA) is 67.5 Å². The molecule has 0 saturated carbocycles. The van der Waals surface area contributed by atoms with Gasteiger partial charge in [-0.2, -0.15) is 0 Å². The summed E-state index contributed by atoms with van der Waals surface area (Å²) in [6.45, 7) is 1.81. The summed E-state index contributed by atoms with van der Waals surface area (Å²) in [5.41, 5.74) is 1.47. The van der Waals surface area contributed by atoms with Crippen molar-refractivity contribution < 1.29 is 18.0 Å². The number of pyridine rings is 1. The first kappa shape index (κ1) is 18.5. The number of fused-ring (bicyclic) bond motifs is 1. The number of aryl methyl sites for hydroxylation is 1. The highest BCUT2D eigenvalue weighted by molar-refractivity contribution is 6.04. The van der Waals surface area contributed by atoms with Gasteiger partial charge in [0.15, 0.2) is 11.6 Å². The molecule has 144 valence electrons. The second-order valence-electron chi connectivity index (χ2n) is 6.33. The Balaban J connectivity index is 1.84. The maximum Gasteiger partial charge on any atom is 0.262 e. The molecule has 0 saturated heterocycles. The van der Waals surface area contributed by atoms with E-state index in [2.05, 4.69) is 15.3 Å².